The van der Waals surface area contributed by atoms with Crippen LogP contribution in [0.2, 0.25) is 0 Å². The number of epoxide rings is 2. The van der Waals surface area contributed by atoms with E-state index in [-0.39, 0.29) is 27.1 Å². The highest BCUT2D eigenvalue weighted by atomic mass is 16.6. The fraction of sp³-hybridized carbons (Fsp3) is 0.815. The van der Waals surface area contributed by atoms with Crippen molar-refractivity contribution in [2.45, 2.75) is 304 Å². The predicted octanol–water partition coefficient (Wildman–Crippen LogP) is 19.4. The molecule has 2 aromatic rings. The summed E-state index contributed by atoms with van der Waals surface area (Å²) >= 11 is 0. The Balaban J connectivity index is 1.96. The molecule has 4 nitrogen and oxygen atoms in total. The third-order valence-electron chi connectivity index (χ3n) is 17.2. The summed E-state index contributed by atoms with van der Waals surface area (Å²) < 4.78 is 26.3. The van der Waals surface area contributed by atoms with Gasteiger partial charge >= 0.3 is 0 Å². The van der Waals surface area contributed by atoms with Gasteiger partial charge in [0.2, 0.25) is 0 Å². The van der Waals surface area contributed by atoms with Gasteiger partial charge in [-0.05, 0) is 109 Å². The summed E-state index contributed by atoms with van der Waals surface area (Å²) in [5, 5.41) is 0. The molecule has 2 heterocycles. The molecule has 2 aliphatic rings. The molecule has 0 aromatic heterocycles. The van der Waals surface area contributed by atoms with Crippen LogP contribution in [-0.4, -0.2) is 38.6 Å². The van der Waals surface area contributed by atoms with Crippen LogP contribution in [0, 0.1) is 11.8 Å². The molecular weight excluding hydrogens is 845 g/mol. The topological polar surface area (TPSA) is 43.5 Å². The van der Waals surface area contributed by atoms with Gasteiger partial charge in [-0.2, -0.15) is 0 Å². The zero-order chi connectivity index (χ0) is 50.9. The van der Waals surface area contributed by atoms with Gasteiger partial charge in [-0.1, -0.05) is 225 Å². The van der Waals surface area contributed by atoms with Gasteiger partial charge in [-0.25, -0.2) is 0 Å². The van der Waals surface area contributed by atoms with Crippen LogP contribution in [0.4, 0.5) is 0 Å². The average molecular weight is 958 g/mol. The van der Waals surface area contributed by atoms with Gasteiger partial charge in [0.1, 0.15) is 11.5 Å². The first-order valence-electron chi connectivity index (χ1n) is 29.6. The fourth-order valence-corrected chi connectivity index (χ4v) is 11.7. The first-order valence-corrected chi connectivity index (χ1v) is 29.6. The summed E-state index contributed by atoms with van der Waals surface area (Å²) in [7, 11) is 0. The van der Waals surface area contributed by atoms with E-state index in [2.05, 4.69) is 135 Å². The highest BCUT2D eigenvalue weighted by molar-refractivity contribution is 5.58. The maximum absolute atomic E-state index is 7.32. The molecule has 0 radical (unpaired) electrons. The van der Waals surface area contributed by atoms with Crippen LogP contribution in [0.25, 0.3) is 0 Å². The Morgan fingerprint density at radius 3 is 0.913 bits per heavy atom. The van der Waals surface area contributed by atoms with Crippen molar-refractivity contribution in [3.63, 3.8) is 0 Å². The lowest BCUT2D eigenvalue weighted by atomic mass is 9.67. The molecule has 0 spiro atoms. The lowest BCUT2D eigenvalue weighted by Gasteiger charge is -2.39. The number of unbranched alkanes of at least 4 members (excludes halogenated alkanes) is 8. The molecule has 2 fully saturated rings. The van der Waals surface area contributed by atoms with Gasteiger partial charge in [-0.3, -0.25) is 0 Å². The van der Waals surface area contributed by atoms with E-state index in [0.29, 0.717) is 24.0 Å². The zero-order valence-corrected chi connectivity index (χ0v) is 48.6. The molecule has 2 saturated heterocycles. The molecule has 4 heteroatoms. The summed E-state index contributed by atoms with van der Waals surface area (Å²) in [6.07, 6.45) is 29.9. The first-order chi connectivity index (χ1) is 32.7. The van der Waals surface area contributed by atoms with E-state index in [1.54, 1.807) is 0 Å². The van der Waals surface area contributed by atoms with E-state index in [9.17, 15) is 0 Å². The van der Waals surface area contributed by atoms with E-state index in [1.165, 1.54) is 160 Å². The summed E-state index contributed by atoms with van der Waals surface area (Å²) in [4.78, 5) is 0. The molecule has 0 aliphatic carbocycles. The van der Waals surface area contributed by atoms with Crippen molar-refractivity contribution in [1.82, 2.24) is 0 Å². The number of ether oxygens (including phenoxy) is 4. The minimum Gasteiger partial charge on any atom is -0.493 e. The van der Waals surface area contributed by atoms with Gasteiger partial charge in [-0.15, -0.1) is 0 Å². The van der Waals surface area contributed by atoms with Gasteiger partial charge in [0, 0.05) is 27.7 Å². The molecule has 2 aromatic carbocycles. The van der Waals surface area contributed by atoms with Gasteiger partial charge in [0.15, 0.2) is 0 Å². The second-order valence-corrected chi connectivity index (χ2v) is 25.6. The van der Waals surface area contributed by atoms with Crippen molar-refractivity contribution >= 4 is 0 Å². The largest absolute Gasteiger partial charge is 0.493 e. The number of hydrogen-bond donors (Lipinski definition) is 0. The van der Waals surface area contributed by atoms with E-state index in [1.807, 2.05) is 0 Å². The molecule has 4 unspecified atom stereocenters. The molecule has 0 saturated carbocycles. The molecule has 0 bridgehead atoms. The summed E-state index contributed by atoms with van der Waals surface area (Å²) in [6, 6.07) is 10.5. The average Bonchev–Trinajstić information content (AvgIpc) is 4.24. The van der Waals surface area contributed by atoms with Crippen LogP contribution < -0.4 is 9.47 Å². The van der Waals surface area contributed by atoms with E-state index < -0.39 is 0 Å². The summed E-state index contributed by atoms with van der Waals surface area (Å²) in [5.74, 6) is 3.66. The monoisotopic (exact) mass is 957 g/mol. The highest BCUT2D eigenvalue weighted by Crippen LogP contribution is 2.51. The Hall–Kier alpha value is -2.04. The van der Waals surface area contributed by atoms with Gasteiger partial charge in [0.25, 0.3) is 0 Å². The third-order valence-corrected chi connectivity index (χ3v) is 17.2. The Morgan fingerprint density at radius 1 is 0.406 bits per heavy atom. The van der Waals surface area contributed by atoms with Crippen molar-refractivity contribution in [3.05, 3.63) is 57.6 Å². The highest BCUT2D eigenvalue weighted by Gasteiger charge is 2.39. The second kappa shape index (κ2) is 27.9. The maximum atomic E-state index is 7.32. The fourth-order valence-electron chi connectivity index (χ4n) is 11.7. The zero-order valence-electron chi connectivity index (χ0n) is 48.6. The maximum Gasteiger partial charge on any atom is 0.126 e. The lowest BCUT2D eigenvalue weighted by Crippen LogP contribution is -2.29. The number of hydrogen-bond acceptors (Lipinski definition) is 4. The molecule has 69 heavy (non-hydrogen) atoms. The SMILES string of the molecule is CCCCCC(C)(C)c1cc(C(C)(C)c2cc(C(C)(C)CCCCC)c(OCCCC(CCC)C3CO3)c(C(C)(C)CCCCC)c2)cc(C(C)(C)CCCCC)c1OCCCC(CCC)C1CO1. The molecule has 4 atom stereocenters. The smallest absolute Gasteiger partial charge is 0.126 e. The minimum atomic E-state index is -0.280. The van der Waals surface area contributed by atoms with Crippen LogP contribution >= 0.6 is 0 Å². The normalized spacial score (nSPS) is 17.6. The molecule has 396 valence electrons. The standard InChI is InChI=1S/C65H112O4/c1-17-23-27-37-61(7,8)53-43-51(44-54(62(9,10)38-28-24-18-2)59(53)66-41-31-35-49(33-21-5)57-47-68-57)65(15,16)52-45-55(63(11,12)39-29-25-19-3)60(56(46-52)64(13,14)40-30-26-20-4)67-42-32-36-50(34-22-6)58-48-69-58/h43-46,49-50,57-58H,17-42,47-48H2,1-16H3. The van der Waals surface area contributed by atoms with Crippen molar-refractivity contribution in [2.75, 3.05) is 26.4 Å². The Kier molecular flexibility index (Phi) is 24.0. The second-order valence-electron chi connectivity index (χ2n) is 25.6. The van der Waals surface area contributed by atoms with E-state index in [0.717, 1.165) is 65.0 Å². The Morgan fingerprint density at radius 2 is 0.681 bits per heavy atom. The Bertz CT molecular complexity index is 1560. The van der Waals surface area contributed by atoms with Crippen LogP contribution in [-0.2, 0) is 36.5 Å². The summed E-state index contributed by atoms with van der Waals surface area (Å²) in [5.41, 5.74) is 8.03. The molecule has 2 aliphatic heterocycles. The molecule has 0 amide bonds. The van der Waals surface area contributed by atoms with Crippen molar-refractivity contribution in [2.24, 2.45) is 11.8 Å². The third kappa shape index (κ3) is 17.6. The molecular formula is C65H112O4. The summed E-state index contributed by atoms with van der Waals surface area (Å²) in [6.45, 7) is 42.5. The van der Waals surface area contributed by atoms with Crippen molar-refractivity contribution in [3.8, 4) is 11.5 Å². The molecule has 4 rings (SSSR count). The lowest BCUT2D eigenvalue weighted by molar-refractivity contribution is 0.250. The molecule has 0 N–H and O–H groups in total. The number of benzene rings is 2. The van der Waals surface area contributed by atoms with Gasteiger partial charge < -0.3 is 18.9 Å². The van der Waals surface area contributed by atoms with E-state index >= 15 is 0 Å². The van der Waals surface area contributed by atoms with Crippen LogP contribution in [0.15, 0.2) is 24.3 Å². The van der Waals surface area contributed by atoms with E-state index in [4.69, 9.17) is 18.9 Å². The van der Waals surface area contributed by atoms with Crippen LogP contribution in [0.1, 0.15) is 298 Å². The van der Waals surface area contributed by atoms with Crippen LogP contribution in [0.3, 0.4) is 0 Å². The number of rotatable bonds is 38. The van der Waals surface area contributed by atoms with Crippen molar-refractivity contribution < 1.29 is 18.9 Å². The van der Waals surface area contributed by atoms with Crippen LogP contribution in [0.5, 0.6) is 11.5 Å². The minimum absolute atomic E-state index is 0.0459. The Labute approximate surface area is 428 Å². The predicted molar refractivity (Wildman–Crippen MR) is 299 cm³/mol. The first kappa shape index (κ1) is 59.5. The van der Waals surface area contributed by atoms with Crippen molar-refractivity contribution in [1.29, 1.82) is 0 Å². The van der Waals surface area contributed by atoms with Gasteiger partial charge in [0.05, 0.1) is 38.6 Å². The quantitative estimate of drug-likeness (QED) is 0.0497.